The fraction of sp³-hybridized carbons (Fsp3) is 0.226. The minimum Gasteiger partial charge on any atom is -0.465 e. The summed E-state index contributed by atoms with van der Waals surface area (Å²) in [6.07, 6.45) is -0.339. The molecule has 3 amide bonds. The molecule has 0 aliphatic carbocycles. The SMILES string of the molecule is Cc1cc(C(N)=O)nn1-c1ccc(Cc2ccc(-c3ccc(C(=O)N4CCN(C(=O)O)C(CO)C4)cc3)cc2)cc1. The van der Waals surface area contributed by atoms with Crippen molar-refractivity contribution in [2.75, 3.05) is 26.2 Å². The molecule has 1 aliphatic heterocycles. The van der Waals surface area contributed by atoms with Crippen molar-refractivity contribution in [1.82, 2.24) is 19.6 Å². The Hall–Kier alpha value is -4.96. The Bertz CT molecular complexity index is 1560. The third-order valence-electron chi connectivity index (χ3n) is 7.37. The fourth-order valence-corrected chi connectivity index (χ4v) is 5.10. The molecule has 5 rings (SSSR count). The Balaban J connectivity index is 1.21. The highest BCUT2D eigenvalue weighted by Crippen LogP contribution is 2.23. The second kappa shape index (κ2) is 11.6. The van der Waals surface area contributed by atoms with Crippen LogP contribution in [0.25, 0.3) is 16.8 Å². The van der Waals surface area contributed by atoms with Crippen LogP contribution in [0.2, 0.25) is 0 Å². The number of aliphatic hydroxyl groups excluding tert-OH is 1. The van der Waals surface area contributed by atoms with Gasteiger partial charge in [-0.25, -0.2) is 9.48 Å². The van der Waals surface area contributed by atoms with Crippen molar-refractivity contribution in [3.05, 3.63) is 107 Å². The highest BCUT2D eigenvalue weighted by atomic mass is 16.4. The van der Waals surface area contributed by atoms with Crippen LogP contribution in [0.5, 0.6) is 0 Å². The number of aryl methyl sites for hydroxylation is 1. The number of hydrogen-bond donors (Lipinski definition) is 3. The van der Waals surface area contributed by atoms with Gasteiger partial charge in [-0.2, -0.15) is 5.10 Å². The van der Waals surface area contributed by atoms with Crippen LogP contribution in [-0.2, 0) is 6.42 Å². The molecule has 0 spiro atoms. The molecule has 0 radical (unpaired) electrons. The van der Waals surface area contributed by atoms with Gasteiger partial charge < -0.3 is 20.8 Å². The molecule has 210 valence electrons. The first-order valence-corrected chi connectivity index (χ1v) is 13.3. The number of nitrogens with two attached hydrogens (primary N) is 1. The van der Waals surface area contributed by atoms with Gasteiger partial charge in [0.1, 0.15) is 0 Å². The number of aliphatic hydroxyl groups is 1. The predicted molar refractivity (Wildman–Crippen MR) is 153 cm³/mol. The van der Waals surface area contributed by atoms with Crippen LogP contribution in [0, 0.1) is 6.92 Å². The first-order valence-electron chi connectivity index (χ1n) is 13.3. The van der Waals surface area contributed by atoms with E-state index >= 15 is 0 Å². The molecule has 1 atom stereocenters. The van der Waals surface area contributed by atoms with Gasteiger partial charge >= 0.3 is 6.09 Å². The maximum absolute atomic E-state index is 13.0. The summed E-state index contributed by atoms with van der Waals surface area (Å²) in [7, 11) is 0. The van der Waals surface area contributed by atoms with Crippen LogP contribution in [0.4, 0.5) is 4.79 Å². The lowest BCUT2D eigenvalue weighted by atomic mass is 9.99. The molecule has 41 heavy (non-hydrogen) atoms. The zero-order valence-corrected chi connectivity index (χ0v) is 22.6. The number of rotatable bonds is 7. The van der Waals surface area contributed by atoms with Gasteiger partial charge in [-0.15, -0.1) is 0 Å². The molecule has 1 unspecified atom stereocenters. The average molecular weight is 554 g/mol. The van der Waals surface area contributed by atoms with E-state index < -0.39 is 18.0 Å². The third kappa shape index (κ3) is 5.97. The van der Waals surface area contributed by atoms with Gasteiger partial charge in [-0.3, -0.25) is 14.5 Å². The first kappa shape index (κ1) is 27.6. The molecule has 0 saturated carbocycles. The molecule has 0 bridgehead atoms. The largest absolute Gasteiger partial charge is 0.465 e. The van der Waals surface area contributed by atoms with Crippen LogP contribution in [0.15, 0.2) is 78.9 Å². The summed E-state index contributed by atoms with van der Waals surface area (Å²) in [5.41, 5.74) is 12.1. The Kier molecular flexibility index (Phi) is 7.84. The van der Waals surface area contributed by atoms with Gasteiger partial charge in [0, 0.05) is 30.9 Å². The summed E-state index contributed by atoms with van der Waals surface area (Å²) in [6, 6.07) is 24.7. The number of nitrogens with zero attached hydrogens (tertiary/aromatic N) is 4. The Morgan fingerprint density at radius 2 is 1.49 bits per heavy atom. The van der Waals surface area contributed by atoms with E-state index in [1.54, 1.807) is 27.8 Å². The number of benzene rings is 3. The van der Waals surface area contributed by atoms with Crippen molar-refractivity contribution in [2.45, 2.75) is 19.4 Å². The molecule has 3 aromatic carbocycles. The smallest absolute Gasteiger partial charge is 0.407 e. The van der Waals surface area contributed by atoms with Crippen molar-refractivity contribution in [2.24, 2.45) is 5.73 Å². The number of aromatic nitrogens is 2. The minimum atomic E-state index is -1.09. The molecule has 1 aromatic heterocycles. The number of piperazine rings is 1. The van der Waals surface area contributed by atoms with Crippen LogP contribution >= 0.6 is 0 Å². The molecular weight excluding hydrogens is 522 g/mol. The Morgan fingerprint density at radius 1 is 0.902 bits per heavy atom. The number of carbonyl (C=O) groups excluding carboxylic acids is 2. The number of primary amides is 1. The zero-order chi connectivity index (χ0) is 29.1. The molecule has 10 heteroatoms. The second-order valence-corrected chi connectivity index (χ2v) is 10.1. The summed E-state index contributed by atoms with van der Waals surface area (Å²) in [5.74, 6) is -0.737. The topological polar surface area (TPSA) is 142 Å². The maximum atomic E-state index is 13.0. The number of amides is 3. The Labute approximate surface area is 237 Å². The number of carbonyl (C=O) groups is 3. The van der Waals surface area contributed by atoms with E-state index in [0.717, 1.165) is 40.1 Å². The molecule has 1 saturated heterocycles. The third-order valence-corrected chi connectivity index (χ3v) is 7.37. The number of carboxylic acid groups (broad SMARTS) is 1. The van der Waals surface area contributed by atoms with Crippen LogP contribution in [-0.4, -0.2) is 80.0 Å². The molecule has 4 N–H and O–H groups in total. The summed E-state index contributed by atoms with van der Waals surface area (Å²) in [6.45, 7) is 2.15. The lowest BCUT2D eigenvalue weighted by Crippen LogP contribution is -2.57. The second-order valence-electron chi connectivity index (χ2n) is 10.1. The summed E-state index contributed by atoms with van der Waals surface area (Å²) >= 11 is 0. The average Bonchev–Trinajstić information content (AvgIpc) is 3.39. The molecule has 1 aliphatic rings. The van der Waals surface area contributed by atoms with Crippen molar-refractivity contribution in [3.8, 4) is 16.8 Å². The molecule has 10 nitrogen and oxygen atoms in total. The van der Waals surface area contributed by atoms with E-state index in [-0.39, 0.29) is 37.8 Å². The first-order chi connectivity index (χ1) is 19.7. The zero-order valence-electron chi connectivity index (χ0n) is 22.6. The molecule has 4 aromatic rings. The van der Waals surface area contributed by atoms with E-state index in [1.165, 1.54) is 4.90 Å². The Morgan fingerprint density at radius 3 is 2.02 bits per heavy atom. The van der Waals surface area contributed by atoms with Crippen molar-refractivity contribution < 1.29 is 24.6 Å². The van der Waals surface area contributed by atoms with Crippen LogP contribution < -0.4 is 5.73 Å². The molecule has 2 heterocycles. The van der Waals surface area contributed by atoms with E-state index in [0.29, 0.717) is 5.56 Å². The van der Waals surface area contributed by atoms with E-state index in [2.05, 4.69) is 29.4 Å². The molecular formula is C31H31N5O5. The lowest BCUT2D eigenvalue weighted by Gasteiger charge is -2.39. The van der Waals surface area contributed by atoms with Gasteiger partial charge in [0.15, 0.2) is 5.69 Å². The normalized spacial score (nSPS) is 15.1. The van der Waals surface area contributed by atoms with Gasteiger partial charge in [0.25, 0.3) is 11.8 Å². The highest BCUT2D eigenvalue weighted by molar-refractivity contribution is 5.95. The van der Waals surface area contributed by atoms with E-state index in [4.69, 9.17) is 5.73 Å². The number of hydrogen-bond acceptors (Lipinski definition) is 5. The molecule has 1 fully saturated rings. The van der Waals surface area contributed by atoms with Crippen molar-refractivity contribution in [1.29, 1.82) is 0 Å². The van der Waals surface area contributed by atoms with Gasteiger partial charge in [0.05, 0.1) is 18.3 Å². The fourth-order valence-electron chi connectivity index (χ4n) is 5.10. The summed E-state index contributed by atoms with van der Waals surface area (Å²) in [5, 5.41) is 23.1. The van der Waals surface area contributed by atoms with Crippen molar-refractivity contribution in [3.63, 3.8) is 0 Å². The van der Waals surface area contributed by atoms with Gasteiger partial charge in [0.2, 0.25) is 0 Å². The monoisotopic (exact) mass is 553 g/mol. The standard InChI is InChI=1S/C31H31N5O5/c1-20-16-28(29(32)38)33-36(20)26-12-4-22(5-13-26)17-21-2-6-23(7-3-21)24-8-10-25(11-9-24)30(39)34-14-15-35(31(40)41)27(18-34)19-37/h2-13,16,27,37H,14-15,17-19H2,1H3,(H2,32,38)(H,40,41). The summed E-state index contributed by atoms with van der Waals surface area (Å²) in [4.78, 5) is 38.5. The van der Waals surface area contributed by atoms with Gasteiger partial charge in [-0.1, -0.05) is 48.5 Å². The minimum absolute atomic E-state index is 0.159. The van der Waals surface area contributed by atoms with Crippen LogP contribution in [0.1, 0.15) is 37.7 Å². The van der Waals surface area contributed by atoms with Crippen molar-refractivity contribution >= 4 is 17.9 Å². The van der Waals surface area contributed by atoms with E-state index in [1.807, 2.05) is 43.3 Å². The predicted octanol–water partition coefficient (Wildman–Crippen LogP) is 3.33. The maximum Gasteiger partial charge on any atom is 0.407 e. The summed E-state index contributed by atoms with van der Waals surface area (Å²) < 4.78 is 1.70. The highest BCUT2D eigenvalue weighted by Gasteiger charge is 2.32. The quantitative estimate of drug-likeness (QED) is 0.321. The van der Waals surface area contributed by atoms with Gasteiger partial charge in [-0.05, 0) is 65.9 Å². The van der Waals surface area contributed by atoms with Crippen LogP contribution in [0.3, 0.4) is 0 Å². The lowest BCUT2D eigenvalue weighted by molar-refractivity contribution is 0.0338. The van der Waals surface area contributed by atoms with E-state index in [9.17, 15) is 24.6 Å².